The summed E-state index contributed by atoms with van der Waals surface area (Å²) in [5.74, 6) is -0.736. The number of nitrogens with zero attached hydrogens (tertiary/aromatic N) is 1. The molecule has 0 saturated heterocycles. The second-order valence-electron chi connectivity index (χ2n) is 6.35. The molecule has 0 atom stereocenters. The standard InChI is InChI=1S/C19H18Cl2N2O4S/c1-12(2)10-23-28(25,26)18-7-15(16(20)8-17(18)21)19(24)27-11-14-6-4-3-5-13(14)9-22/h3-8,12,23H,10-11H2,1-2H3. The number of nitriles is 1. The fourth-order valence-corrected chi connectivity index (χ4v) is 4.28. The average molecular weight is 441 g/mol. The number of hydrogen-bond donors (Lipinski definition) is 1. The molecule has 0 heterocycles. The van der Waals surface area contributed by atoms with Crippen molar-refractivity contribution in [1.82, 2.24) is 4.72 Å². The Morgan fingerprint density at radius 3 is 2.54 bits per heavy atom. The molecule has 2 rings (SSSR count). The highest BCUT2D eigenvalue weighted by atomic mass is 35.5. The number of benzene rings is 2. The quantitative estimate of drug-likeness (QED) is 0.651. The maximum atomic E-state index is 12.5. The van der Waals surface area contributed by atoms with Crippen LogP contribution in [0, 0.1) is 17.2 Å². The molecule has 0 aliphatic rings. The zero-order chi connectivity index (χ0) is 20.9. The highest BCUT2D eigenvalue weighted by molar-refractivity contribution is 7.89. The topological polar surface area (TPSA) is 96.3 Å². The molecular weight excluding hydrogens is 423 g/mol. The fourth-order valence-electron chi connectivity index (χ4n) is 2.22. The van der Waals surface area contributed by atoms with Gasteiger partial charge in [-0.05, 0) is 24.1 Å². The number of sulfonamides is 1. The van der Waals surface area contributed by atoms with Crippen LogP contribution in [0.3, 0.4) is 0 Å². The van der Waals surface area contributed by atoms with E-state index in [0.29, 0.717) is 11.1 Å². The summed E-state index contributed by atoms with van der Waals surface area (Å²) in [5, 5.41) is 8.95. The van der Waals surface area contributed by atoms with E-state index in [2.05, 4.69) is 4.72 Å². The second kappa shape index (κ2) is 9.39. The Bertz CT molecular complexity index is 1030. The zero-order valence-electron chi connectivity index (χ0n) is 15.2. The normalized spacial score (nSPS) is 11.3. The van der Waals surface area contributed by atoms with Gasteiger partial charge in [-0.3, -0.25) is 0 Å². The number of hydrogen-bond acceptors (Lipinski definition) is 5. The number of carbonyl (C=O) groups excluding carboxylic acids is 1. The summed E-state index contributed by atoms with van der Waals surface area (Å²) in [7, 11) is -3.93. The molecule has 0 saturated carbocycles. The van der Waals surface area contributed by atoms with Crippen molar-refractivity contribution >= 4 is 39.2 Å². The maximum absolute atomic E-state index is 12.5. The summed E-state index contributed by atoms with van der Waals surface area (Å²) < 4.78 is 32.6. The first kappa shape index (κ1) is 22.2. The molecule has 0 radical (unpaired) electrons. The Hall–Kier alpha value is -2.11. The number of rotatable bonds is 7. The Kier molecular flexibility index (Phi) is 7.44. The van der Waals surface area contributed by atoms with Crippen LogP contribution in [0.1, 0.15) is 35.3 Å². The van der Waals surface area contributed by atoms with Crippen LogP contribution in [0.4, 0.5) is 0 Å². The van der Waals surface area contributed by atoms with Gasteiger partial charge in [0, 0.05) is 12.1 Å². The maximum Gasteiger partial charge on any atom is 0.340 e. The predicted octanol–water partition coefficient (Wildman–Crippen LogP) is 4.16. The van der Waals surface area contributed by atoms with E-state index in [9.17, 15) is 13.2 Å². The van der Waals surface area contributed by atoms with E-state index in [1.54, 1.807) is 24.3 Å². The molecule has 0 aliphatic carbocycles. The van der Waals surface area contributed by atoms with Crippen molar-refractivity contribution in [1.29, 1.82) is 5.26 Å². The van der Waals surface area contributed by atoms with Crippen LogP contribution in [0.2, 0.25) is 10.0 Å². The van der Waals surface area contributed by atoms with Gasteiger partial charge in [-0.15, -0.1) is 0 Å². The van der Waals surface area contributed by atoms with Gasteiger partial charge in [0.1, 0.15) is 11.5 Å². The van der Waals surface area contributed by atoms with E-state index in [0.717, 1.165) is 6.07 Å². The first-order valence-corrected chi connectivity index (χ1v) is 10.5. The molecule has 9 heteroatoms. The number of ether oxygens (including phenoxy) is 1. The molecule has 6 nitrogen and oxygen atoms in total. The Morgan fingerprint density at radius 2 is 1.89 bits per heavy atom. The molecule has 1 N–H and O–H groups in total. The lowest BCUT2D eigenvalue weighted by Gasteiger charge is -2.13. The third-order valence-corrected chi connectivity index (χ3v) is 5.91. The van der Waals surface area contributed by atoms with E-state index in [1.807, 2.05) is 19.9 Å². The average Bonchev–Trinajstić information content (AvgIpc) is 2.64. The van der Waals surface area contributed by atoms with E-state index in [4.69, 9.17) is 33.2 Å². The van der Waals surface area contributed by atoms with E-state index >= 15 is 0 Å². The largest absolute Gasteiger partial charge is 0.457 e. The van der Waals surface area contributed by atoms with Crippen LogP contribution < -0.4 is 4.72 Å². The second-order valence-corrected chi connectivity index (χ2v) is 8.90. The lowest BCUT2D eigenvalue weighted by atomic mass is 10.1. The van der Waals surface area contributed by atoms with Gasteiger partial charge in [0.25, 0.3) is 0 Å². The van der Waals surface area contributed by atoms with E-state index in [1.165, 1.54) is 6.07 Å². The number of carbonyl (C=O) groups is 1. The Balaban J connectivity index is 2.28. The smallest absolute Gasteiger partial charge is 0.340 e. The first-order valence-electron chi connectivity index (χ1n) is 8.29. The molecule has 0 bridgehead atoms. The summed E-state index contributed by atoms with van der Waals surface area (Å²) in [4.78, 5) is 12.2. The minimum Gasteiger partial charge on any atom is -0.457 e. The van der Waals surface area contributed by atoms with Gasteiger partial charge in [0.15, 0.2) is 0 Å². The lowest BCUT2D eigenvalue weighted by molar-refractivity contribution is 0.0472. The van der Waals surface area contributed by atoms with Crippen molar-refractivity contribution in [2.24, 2.45) is 5.92 Å². The fraction of sp³-hybridized carbons (Fsp3) is 0.263. The molecule has 0 unspecified atom stereocenters. The van der Waals surface area contributed by atoms with Crippen LogP contribution in [0.15, 0.2) is 41.3 Å². The molecule has 0 aliphatic heterocycles. The van der Waals surface area contributed by atoms with Crippen molar-refractivity contribution in [2.45, 2.75) is 25.3 Å². The summed E-state index contributed by atoms with van der Waals surface area (Å²) in [5.41, 5.74) is 0.763. The molecule has 0 amide bonds. The minimum atomic E-state index is -3.93. The molecule has 0 spiro atoms. The summed E-state index contributed by atoms with van der Waals surface area (Å²) in [6.45, 7) is 3.77. The zero-order valence-corrected chi connectivity index (χ0v) is 17.5. The third-order valence-electron chi connectivity index (χ3n) is 3.71. The summed E-state index contributed by atoms with van der Waals surface area (Å²) in [6, 6.07) is 10.9. The van der Waals surface area contributed by atoms with Crippen LogP contribution in [-0.2, 0) is 21.4 Å². The Morgan fingerprint density at radius 1 is 1.21 bits per heavy atom. The van der Waals surface area contributed by atoms with Crippen molar-refractivity contribution in [3.63, 3.8) is 0 Å². The summed E-state index contributed by atoms with van der Waals surface area (Å²) >= 11 is 12.1. The van der Waals surface area contributed by atoms with Gasteiger partial charge < -0.3 is 4.74 Å². The molecule has 2 aromatic rings. The van der Waals surface area contributed by atoms with Gasteiger partial charge in [0.2, 0.25) is 10.0 Å². The molecule has 0 fully saturated rings. The van der Waals surface area contributed by atoms with Gasteiger partial charge in [-0.25, -0.2) is 17.9 Å². The monoisotopic (exact) mass is 440 g/mol. The lowest BCUT2D eigenvalue weighted by Crippen LogP contribution is -2.28. The molecule has 28 heavy (non-hydrogen) atoms. The van der Waals surface area contributed by atoms with Crippen LogP contribution >= 0.6 is 23.2 Å². The molecular formula is C19H18Cl2N2O4S. The van der Waals surface area contributed by atoms with Crippen LogP contribution in [0.5, 0.6) is 0 Å². The molecule has 0 aromatic heterocycles. The molecule has 2 aromatic carbocycles. The highest BCUT2D eigenvalue weighted by Crippen LogP contribution is 2.29. The van der Waals surface area contributed by atoms with Crippen molar-refractivity contribution in [3.05, 3.63) is 63.1 Å². The third kappa shape index (κ3) is 5.46. The predicted molar refractivity (Wildman–Crippen MR) is 107 cm³/mol. The summed E-state index contributed by atoms with van der Waals surface area (Å²) in [6.07, 6.45) is 0. The van der Waals surface area contributed by atoms with E-state index in [-0.39, 0.29) is 39.6 Å². The SMILES string of the molecule is CC(C)CNS(=O)(=O)c1cc(C(=O)OCc2ccccc2C#N)c(Cl)cc1Cl. The number of esters is 1. The van der Waals surface area contributed by atoms with Crippen molar-refractivity contribution in [2.75, 3.05) is 6.54 Å². The molecule has 148 valence electrons. The van der Waals surface area contributed by atoms with Crippen LogP contribution in [0.25, 0.3) is 0 Å². The van der Waals surface area contributed by atoms with Gasteiger partial charge >= 0.3 is 5.97 Å². The van der Waals surface area contributed by atoms with Gasteiger partial charge in [0.05, 0.1) is 27.2 Å². The first-order chi connectivity index (χ1) is 13.2. The highest BCUT2D eigenvalue weighted by Gasteiger charge is 2.23. The van der Waals surface area contributed by atoms with Gasteiger partial charge in [-0.1, -0.05) is 55.2 Å². The minimum absolute atomic E-state index is 0.0358. The van der Waals surface area contributed by atoms with Gasteiger partial charge in [-0.2, -0.15) is 5.26 Å². The van der Waals surface area contributed by atoms with Crippen molar-refractivity contribution in [3.8, 4) is 6.07 Å². The Labute approximate surface area is 174 Å². The number of halogens is 2. The number of nitrogens with one attached hydrogen (secondary N) is 1. The van der Waals surface area contributed by atoms with Crippen LogP contribution in [-0.4, -0.2) is 20.9 Å². The van der Waals surface area contributed by atoms with Crippen molar-refractivity contribution < 1.29 is 17.9 Å². The van der Waals surface area contributed by atoms with E-state index < -0.39 is 16.0 Å².